The van der Waals surface area contributed by atoms with Gasteiger partial charge in [-0.15, -0.1) is 0 Å². The van der Waals surface area contributed by atoms with Gasteiger partial charge in [0, 0.05) is 18.0 Å². The van der Waals surface area contributed by atoms with Crippen molar-refractivity contribution in [2.24, 2.45) is 10.4 Å². The van der Waals surface area contributed by atoms with Gasteiger partial charge in [0.05, 0.1) is 12.4 Å². The van der Waals surface area contributed by atoms with E-state index in [9.17, 15) is 4.79 Å². The number of hydrogen-bond donors (Lipinski definition) is 1. The van der Waals surface area contributed by atoms with Crippen LogP contribution in [0.1, 0.15) is 38.5 Å². The summed E-state index contributed by atoms with van der Waals surface area (Å²) >= 11 is 1.55. The number of benzene rings is 1. The Morgan fingerprint density at radius 3 is 2.41 bits per heavy atom. The molecular weight excluding hydrogens is 296 g/mol. The maximum Gasteiger partial charge on any atom is 0.222 e. The number of carbonyl (C=O) groups is 1. The molecule has 1 unspecified atom stereocenters. The predicted octanol–water partition coefficient (Wildman–Crippen LogP) is 3.91. The van der Waals surface area contributed by atoms with Gasteiger partial charge in [-0.25, -0.2) is 4.99 Å². The molecule has 1 aromatic carbocycles. The first-order valence-corrected chi connectivity index (χ1v) is 8.07. The van der Waals surface area contributed by atoms with Crippen molar-refractivity contribution in [3.05, 3.63) is 41.6 Å². The van der Waals surface area contributed by atoms with Gasteiger partial charge in [0.25, 0.3) is 0 Å². The minimum atomic E-state index is -0.102. The van der Waals surface area contributed by atoms with Gasteiger partial charge in [0.2, 0.25) is 5.91 Å². The van der Waals surface area contributed by atoms with Crippen LogP contribution in [0.3, 0.4) is 0 Å². The fraction of sp³-hybridized carbons (Fsp3) is 0.412. The average molecular weight is 318 g/mol. The highest BCUT2D eigenvalue weighted by molar-refractivity contribution is 8.14. The maximum atomic E-state index is 11.4. The van der Waals surface area contributed by atoms with Gasteiger partial charge < -0.3 is 10.1 Å². The fourth-order valence-electron chi connectivity index (χ4n) is 2.05. The summed E-state index contributed by atoms with van der Waals surface area (Å²) < 4.78 is 5.20. The normalized spacial score (nSPS) is 18.3. The number of methoxy groups -OCH3 is 1. The second kappa shape index (κ2) is 6.57. The number of aliphatic imine (C=N–C) groups is 1. The molecular formula is C17H22N2O2S. The number of rotatable bonds is 2. The molecule has 1 atom stereocenters. The Hall–Kier alpha value is -1.75. The monoisotopic (exact) mass is 318 g/mol. The van der Waals surface area contributed by atoms with Crippen LogP contribution in [0.4, 0.5) is 0 Å². The van der Waals surface area contributed by atoms with Gasteiger partial charge >= 0.3 is 0 Å². The number of hydrogen-bond acceptors (Lipinski definition) is 4. The Bertz CT molecular complexity index is 613. The average Bonchev–Trinajstić information content (AvgIpc) is 2.45. The molecule has 5 heteroatoms. The van der Waals surface area contributed by atoms with Crippen LogP contribution >= 0.6 is 11.8 Å². The highest BCUT2D eigenvalue weighted by Gasteiger charge is 2.26. The Morgan fingerprint density at radius 2 is 1.91 bits per heavy atom. The quantitative estimate of drug-likeness (QED) is 0.899. The topological polar surface area (TPSA) is 50.7 Å². The molecule has 0 saturated heterocycles. The lowest BCUT2D eigenvalue weighted by molar-refractivity contribution is -0.117. The first-order valence-electron chi connectivity index (χ1n) is 7.19. The van der Waals surface area contributed by atoms with Crippen molar-refractivity contribution < 1.29 is 9.53 Å². The van der Waals surface area contributed by atoms with E-state index in [-0.39, 0.29) is 16.6 Å². The second-order valence-corrected chi connectivity index (χ2v) is 7.34. The van der Waals surface area contributed by atoms with E-state index in [0.717, 1.165) is 17.0 Å². The number of nitrogens with zero attached hydrogens (tertiary/aromatic N) is 1. The van der Waals surface area contributed by atoms with Gasteiger partial charge in [0.1, 0.15) is 5.75 Å². The summed E-state index contributed by atoms with van der Waals surface area (Å²) in [4.78, 5) is 15.9. The third-order valence-electron chi connectivity index (χ3n) is 3.27. The number of carbonyl (C=O) groups excluding carboxylic acids is 1. The van der Waals surface area contributed by atoms with Crippen LogP contribution in [-0.2, 0) is 4.79 Å². The molecule has 4 nitrogen and oxygen atoms in total. The largest absolute Gasteiger partial charge is 0.497 e. The molecule has 0 spiro atoms. The van der Waals surface area contributed by atoms with Crippen molar-refractivity contribution >= 4 is 22.8 Å². The summed E-state index contributed by atoms with van der Waals surface area (Å²) in [5.74, 6) is 0.732. The Kier molecular flexibility index (Phi) is 4.96. The maximum absolute atomic E-state index is 11.4. The second-order valence-electron chi connectivity index (χ2n) is 6.21. The Morgan fingerprint density at radius 1 is 1.27 bits per heavy atom. The smallest absolute Gasteiger partial charge is 0.222 e. The minimum Gasteiger partial charge on any atom is -0.497 e. The molecule has 0 fully saturated rings. The van der Waals surface area contributed by atoms with E-state index >= 15 is 0 Å². The molecule has 1 aliphatic heterocycles. The van der Waals surface area contributed by atoms with E-state index in [1.54, 1.807) is 18.9 Å². The summed E-state index contributed by atoms with van der Waals surface area (Å²) in [5.41, 5.74) is 2.07. The van der Waals surface area contributed by atoms with E-state index in [0.29, 0.717) is 5.17 Å². The van der Waals surface area contributed by atoms with Crippen LogP contribution in [0.25, 0.3) is 0 Å². The van der Waals surface area contributed by atoms with Gasteiger partial charge in [-0.1, -0.05) is 44.7 Å². The lowest BCUT2D eigenvalue weighted by Gasteiger charge is -2.27. The zero-order chi connectivity index (χ0) is 16.3. The predicted molar refractivity (Wildman–Crippen MR) is 92.1 cm³/mol. The van der Waals surface area contributed by atoms with Crippen molar-refractivity contribution in [1.29, 1.82) is 0 Å². The molecule has 1 amide bonds. The van der Waals surface area contributed by atoms with Crippen molar-refractivity contribution in [2.75, 3.05) is 7.11 Å². The van der Waals surface area contributed by atoms with E-state index < -0.39 is 0 Å². The molecule has 22 heavy (non-hydrogen) atoms. The molecule has 2 rings (SSSR count). The van der Waals surface area contributed by atoms with Crippen LogP contribution in [0.15, 0.2) is 41.0 Å². The van der Waals surface area contributed by atoms with Gasteiger partial charge in [0.15, 0.2) is 5.17 Å². The molecule has 1 heterocycles. The van der Waals surface area contributed by atoms with Gasteiger partial charge in [-0.3, -0.25) is 4.79 Å². The first-order chi connectivity index (χ1) is 10.3. The van der Waals surface area contributed by atoms with Crippen molar-refractivity contribution in [2.45, 2.75) is 32.9 Å². The molecule has 1 aliphatic rings. The number of amides is 1. The van der Waals surface area contributed by atoms with Crippen molar-refractivity contribution in [3.63, 3.8) is 0 Å². The molecule has 0 aromatic heterocycles. The van der Waals surface area contributed by atoms with Crippen LogP contribution in [0.5, 0.6) is 5.75 Å². The van der Waals surface area contributed by atoms with Crippen LogP contribution < -0.4 is 10.1 Å². The first kappa shape index (κ1) is 16.6. The van der Waals surface area contributed by atoms with E-state index in [4.69, 9.17) is 4.74 Å². The zero-order valence-electron chi connectivity index (χ0n) is 13.6. The summed E-state index contributed by atoms with van der Waals surface area (Å²) in [6.45, 7) is 7.86. The summed E-state index contributed by atoms with van der Waals surface area (Å²) in [6.07, 6.45) is 2.16. The lowest BCUT2D eigenvalue weighted by atomic mass is 9.91. The third kappa shape index (κ3) is 4.13. The molecule has 1 aromatic rings. The fourth-order valence-corrected chi connectivity index (χ4v) is 3.14. The SMILES string of the molecule is COc1ccc(C2C=C(C(C)(C)C)N=C(NC(C)=O)S2)cc1. The number of allylic oxidation sites excluding steroid dienone is 1. The minimum absolute atomic E-state index is 0.0740. The number of thioether (sulfide) groups is 1. The highest BCUT2D eigenvalue weighted by atomic mass is 32.2. The number of nitrogens with one attached hydrogen (secondary N) is 1. The molecule has 0 radical (unpaired) electrons. The molecule has 118 valence electrons. The van der Waals surface area contributed by atoms with E-state index in [2.05, 4.69) is 37.2 Å². The highest BCUT2D eigenvalue weighted by Crippen LogP contribution is 2.40. The standard InChI is InChI=1S/C17H22N2O2S/c1-11(20)18-16-19-15(17(2,3)4)10-14(22-16)12-6-8-13(21-5)9-7-12/h6-10,14H,1-5H3,(H,18,19,20). The van der Waals surface area contributed by atoms with Crippen molar-refractivity contribution in [3.8, 4) is 5.75 Å². The van der Waals surface area contributed by atoms with Crippen molar-refractivity contribution in [1.82, 2.24) is 5.32 Å². The molecule has 0 saturated carbocycles. The third-order valence-corrected chi connectivity index (χ3v) is 4.34. The summed E-state index contributed by atoms with van der Waals surface area (Å²) in [5, 5.41) is 3.59. The number of ether oxygens (including phenoxy) is 1. The van der Waals surface area contributed by atoms with E-state index in [1.807, 2.05) is 24.3 Å². The molecule has 0 aliphatic carbocycles. The number of amidine groups is 1. The van der Waals surface area contributed by atoms with Crippen LogP contribution in [0, 0.1) is 5.41 Å². The Balaban J connectivity index is 2.33. The summed E-state index contributed by atoms with van der Waals surface area (Å²) in [6, 6.07) is 7.99. The molecule has 0 bridgehead atoms. The zero-order valence-corrected chi connectivity index (χ0v) is 14.5. The molecule has 1 N–H and O–H groups in total. The van der Waals surface area contributed by atoms with Crippen LogP contribution in [0.2, 0.25) is 0 Å². The Labute approximate surface area is 136 Å². The van der Waals surface area contributed by atoms with Crippen LogP contribution in [-0.4, -0.2) is 18.2 Å². The lowest BCUT2D eigenvalue weighted by Crippen LogP contribution is -2.29. The van der Waals surface area contributed by atoms with E-state index in [1.165, 1.54) is 6.92 Å². The summed E-state index contributed by atoms with van der Waals surface area (Å²) in [7, 11) is 1.66. The van der Waals surface area contributed by atoms with Gasteiger partial charge in [-0.2, -0.15) is 0 Å². The van der Waals surface area contributed by atoms with Gasteiger partial charge in [-0.05, 0) is 23.8 Å².